The highest BCUT2D eigenvalue weighted by molar-refractivity contribution is 5.91. The molecule has 1 fully saturated rings. The zero-order valence-corrected chi connectivity index (χ0v) is 13.6. The van der Waals surface area contributed by atoms with Crippen LogP contribution in [0.2, 0.25) is 0 Å². The van der Waals surface area contributed by atoms with Crippen LogP contribution in [-0.2, 0) is 9.53 Å². The van der Waals surface area contributed by atoms with Crippen molar-refractivity contribution in [2.75, 3.05) is 24.4 Å². The highest BCUT2D eigenvalue weighted by atomic mass is 16.5. The molecule has 2 rings (SSSR count). The standard InChI is InChI=1S/C17H26N2O3/c1-4-17(5-2)14(10-15(17)22-3)18-12-7-6-8-13(9-12)19-16(21)11-20/h6-9,14-15,18,20H,4-5,10-11H2,1-3H3,(H,19,21). The zero-order chi connectivity index (χ0) is 16.2. The molecule has 0 aliphatic heterocycles. The highest BCUT2D eigenvalue weighted by Gasteiger charge is 2.52. The lowest BCUT2D eigenvalue weighted by Crippen LogP contribution is -2.60. The van der Waals surface area contributed by atoms with Crippen molar-refractivity contribution in [3.05, 3.63) is 24.3 Å². The minimum atomic E-state index is -0.509. The summed E-state index contributed by atoms with van der Waals surface area (Å²) < 4.78 is 5.62. The topological polar surface area (TPSA) is 70.6 Å². The first-order chi connectivity index (χ1) is 10.6. The van der Waals surface area contributed by atoms with Gasteiger partial charge in [0, 0.05) is 29.9 Å². The molecule has 5 heteroatoms. The number of carbonyl (C=O) groups excluding carboxylic acids is 1. The van der Waals surface area contributed by atoms with E-state index >= 15 is 0 Å². The van der Waals surface area contributed by atoms with Crippen LogP contribution >= 0.6 is 0 Å². The summed E-state index contributed by atoms with van der Waals surface area (Å²) in [5.41, 5.74) is 1.82. The number of ether oxygens (including phenoxy) is 1. The molecule has 0 heterocycles. The Labute approximate surface area is 132 Å². The Kier molecular flexibility index (Phi) is 5.42. The molecular formula is C17H26N2O3. The number of carbonyl (C=O) groups is 1. The lowest BCUT2D eigenvalue weighted by Gasteiger charge is -2.55. The van der Waals surface area contributed by atoms with Gasteiger partial charge in [-0.15, -0.1) is 0 Å². The van der Waals surface area contributed by atoms with Gasteiger partial charge in [-0.05, 0) is 37.5 Å². The van der Waals surface area contributed by atoms with Gasteiger partial charge in [0.1, 0.15) is 6.61 Å². The van der Waals surface area contributed by atoms with Crippen molar-refractivity contribution in [2.24, 2.45) is 5.41 Å². The summed E-state index contributed by atoms with van der Waals surface area (Å²) in [6, 6.07) is 7.96. The van der Waals surface area contributed by atoms with Crippen LogP contribution in [0.15, 0.2) is 24.3 Å². The van der Waals surface area contributed by atoms with Crippen molar-refractivity contribution in [2.45, 2.75) is 45.3 Å². The molecule has 0 aromatic heterocycles. The van der Waals surface area contributed by atoms with Crippen LogP contribution in [0.5, 0.6) is 0 Å². The largest absolute Gasteiger partial charge is 0.387 e. The second-order valence-corrected chi connectivity index (χ2v) is 5.88. The third kappa shape index (κ3) is 3.10. The van der Waals surface area contributed by atoms with Crippen LogP contribution in [-0.4, -0.2) is 36.9 Å². The summed E-state index contributed by atoms with van der Waals surface area (Å²) in [5, 5.41) is 15.0. The van der Waals surface area contributed by atoms with Crippen LogP contribution in [0.3, 0.4) is 0 Å². The van der Waals surface area contributed by atoms with E-state index in [9.17, 15) is 4.79 Å². The maximum Gasteiger partial charge on any atom is 0.250 e. The molecule has 1 saturated carbocycles. The number of anilines is 2. The van der Waals surface area contributed by atoms with Crippen molar-refractivity contribution in [3.63, 3.8) is 0 Å². The van der Waals surface area contributed by atoms with E-state index < -0.39 is 12.5 Å². The Morgan fingerprint density at radius 3 is 2.64 bits per heavy atom. The van der Waals surface area contributed by atoms with Gasteiger partial charge in [-0.1, -0.05) is 19.9 Å². The number of hydrogen-bond donors (Lipinski definition) is 3. The first kappa shape index (κ1) is 16.8. The minimum absolute atomic E-state index is 0.166. The van der Waals surface area contributed by atoms with Gasteiger partial charge in [0.2, 0.25) is 5.91 Å². The average Bonchev–Trinajstić information content (AvgIpc) is 2.52. The Morgan fingerprint density at radius 2 is 2.05 bits per heavy atom. The summed E-state index contributed by atoms with van der Waals surface area (Å²) in [5.74, 6) is -0.406. The highest BCUT2D eigenvalue weighted by Crippen LogP contribution is 2.49. The van der Waals surface area contributed by atoms with Gasteiger partial charge in [-0.3, -0.25) is 4.79 Å². The molecule has 0 bridgehead atoms. The first-order valence-electron chi connectivity index (χ1n) is 7.89. The Hall–Kier alpha value is -1.59. The zero-order valence-electron chi connectivity index (χ0n) is 13.6. The van der Waals surface area contributed by atoms with Crippen LogP contribution in [0, 0.1) is 5.41 Å². The summed E-state index contributed by atoms with van der Waals surface area (Å²) in [6.07, 6.45) is 3.43. The van der Waals surface area contributed by atoms with Gasteiger partial charge >= 0.3 is 0 Å². The molecule has 0 spiro atoms. The third-order valence-corrected chi connectivity index (χ3v) is 5.02. The SMILES string of the molecule is CCC1(CC)C(Nc2cccc(NC(=O)CO)c2)CC1OC. The van der Waals surface area contributed by atoms with E-state index in [1.807, 2.05) is 24.3 Å². The lowest BCUT2D eigenvalue weighted by molar-refractivity contribution is -0.118. The van der Waals surface area contributed by atoms with E-state index in [4.69, 9.17) is 9.84 Å². The molecule has 0 saturated heterocycles. The van der Waals surface area contributed by atoms with E-state index in [0.29, 0.717) is 17.8 Å². The predicted molar refractivity (Wildman–Crippen MR) is 88.0 cm³/mol. The van der Waals surface area contributed by atoms with E-state index in [-0.39, 0.29) is 5.41 Å². The summed E-state index contributed by atoms with van der Waals surface area (Å²) in [4.78, 5) is 11.3. The maximum atomic E-state index is 11.3. The molecule has 1 aliphatic carbocycles. The van der Waals surface area contributed by atoms with E-state index in [1.54, 1.807) is 7.11 Å². The molecule has 3 N–H and O–H groups in total. The summed E-state index contributed by atoms with van der Waals surface area (Å²) in [7, 11) is 1.78. The number of amides is 1. The van der Waals surface area contributed by atoms with E-state index in [0.717, 1.165) is 24.9 Å². The van der Waals surface area contributed by atoms with Gasteiger partial charge in [0.05, 0.1) is 6.10 Å². The van der Waals surface area contributed by atoms with Crippen molar-refractivity contribution < 1.29 is 14.6 Å². The third-order valence-electron chi connectivity index (χ3n) is 5.02. The van der Waals surface area contributed by atoms with Crippen LogP contribution in [0.25, 0.3) is 0 Å². The van der Waals surface area contributed by atoms with E-state index in [1.165, 1.54) is 0 Å². The van der Waals surface area contributed by atoms with Crippen molar-refractivity contribution in [1.82, 2.24) is 0 Å². The molecule has 2 atom stereocenters. The number of nitrogens with one attached hydrogen (secondary N) is 2. The van der Waals surface area contributed by atoms with Gasteiger partial charge < -0.3 is 20.5 Å². The molecule has 0 radical (unpaired) electrons. The Bertz CT molecular complexity index is 514. The normalized spacial score (nSPS) is 22.7. The van der Waals surface area contributed by atoms with Gasteiger partial charge in [-0.2, -0.15) is 0 Å². The maximum absolute atomic E-state index is 11.3. The van der Waals surface area contributed by atoms with Crippen LogP contribution < -0.4 is 10.6 Å². The smallest absolute Gasteiger partial charge is 0.250 e. The van der Waals surface area contributed by atoms with E-state index in [2.05, 4.69) is 24.5 Å². The molecule has 122 valence electrons. The summed E-state index contributed by atoms with van der Waals surface area (Å²) in [6.45, 7) is 3.91. The van der Waals surface area contributed by atoms with Gasteiger partial charge in [-0.25, -0.2) is 0 Å². The quantitative estimate of drug-likeness (QED) is 0.724. The lowest BCUT2D eigenvalue weighted by atomic mass is 9.58. The molecule has 22 heavy (non-hydrogen) atoms. The molecule has 2 unspecified atom stereocenters. The molecule has 1 aliphatic rings. The molecular weight excluding hydrogens is 280 g/mol. The average molecular weight is 306 g/mol. The fourth-order valence-corrected chi connectivity index (χ4v) is 3.57. The second-order valence-electron chi connectivity index (χ2n) is 5.88. The Morgan fingerprint density at radius 1 is 1.36 bits per heavy atom. The van der Waals surface area contributed by atoms with Gasteiger partial charge in [0.25, 0.3) is 0 Å². The summed E-state index contributed by atoms with van der Waals surface area (Å²) >= 11 is 0. The van der Waals surface area contributed by atoms with Gasteiger partial charge in [0.15, 0.2) is 0 Å². The van der Waals surface area contributed by atoms with Crippen molar-refractivity contribution in [1.29, 1.82) is 0 Å². The number of hydrogen-bond acceptors (Lipinski definition) is 4. The first-order valence-corrected chi connectivity index (χ1v) is 7.89. The fourth-order valence-electron chi connectivity index (χ4n) is 3.57. The monoisotopic (exact) mass is 306 g/mol. The number of aliphatic hydroxyl groups is 1. The van der Waals surface area contributed by atoms with Crippen LogP contribution in [0.4, 0.5) is 11.4 Å². The van der Waals surface area contributed by atoms with Crippen molar-refractivity contribution >= 4 is 17.3 Å². The number of aliphatic hydroxyl groups excluding tert-OH is 1. The minimum Gasteiger partial charge on any atom is -0.387 e. The number of rotatable bonds is 7. The molecule has 5 nitrogen and oxygen atoms in total. The number of methoxy groups -OCH3 is 1. The fraction of sp³-hybridized carbons (Fsp3) is 0.588. The Balaban J connectivity index is 2.08. The molecule has 1 aromatic rings. The molecule has 1 aromatic carbocycles. The van der Waals surface area contributed by atoms with Crippen molar-refractivity contribution in [3.8, 4) is 0 Å². The second kappa shape index (κ2) is 7.11. The predicted octanol–water partition coefficient (Wildman–Crippen LogP) is 2.62. The molecule has 1 amide bonds. The number of benzene rings is 1. The van der Waals surface area contributed by atoms with Crippen LogP contribution in [0.1, 0.15) is 33.1 Å².